The van der Waals surface area contributed by atoms with Crippen molar-refractivity contribution in [2.45, 2.75) is 6.23 Å². The van der Waals surface area contributed by atoms with E-state index in [1.165, 1.54) is 7.11 Å². The maximum Gasteiger partial charge on any atom is 0.206 e. The van der Waals surface area contributed by atoms with Gasteiger partial charge >= 0.3 is 0 Å². The number of nitrogens with zero attached hydrogens (tertiary/aromatic N) is 1. The summed E-state index contributed by atoms with van der Waals surface area (Å²) >= 11 is 0. The van der Waals surface area contributed by atoms with Crippen LogP contribution in [-0.2, 0) is 4.74 Å². The number of ether oxygens (including phenoxy) is 1. The van der Waals surface area contributed by atoms with E-state index in [-0.39, 0.29) is 0 Å². The van der Waals surface area contributed by atoms with Gasteiger partial charge in [-0.1, -0.05) is 6.08 Å². The fourth-order valence-corrected chi connectivity index (χ4v) is 0.720. The lowest BCUT2D eigenvalue weighted by Gasteiger charge is -2.25. The van der Waals surface area contributed by atoms with Crippen LogP contribution in [-0.4, -0.2) is 23.5 Å². The third kappa shape index (κ3) is 1.12. The van der Waals surface area contributed by atoms with Crippen molar-refractivity contribution in [2.75, 3.05) is 7.11 Å². The maximum absolute atomic E-state index is 9.07. The van der Waals surface area contributed by atoms with Crippen LogP contribution in [0, 0.1) is 0 Å². The Bertz CT molecular complexity index is 177. The largest absolute Gasteiger partial charge is 0.481 e. The Morgan fingerprint density at radius 3 is 3.00 bits per heavy atom. The van der Waals surface area contributed by atoms with Gasteiger partial charge in [-0.2, -0.15) is 0 Å². The van der Waals surface area contributed by atoms with E-state index in [0.717, 1.165) is 5.01 Å². The standard InChI is InChI=1S/C6H10N2O2/c1-10-6-4-2-3-5(9)8(6)7/h2-5,9H,7H2,1H3. The summed E-state index contributed by atoms with van der Waals surface area (Å²) in [5.41, 5.74) is 0. The second kappa shape index (κ2) is 2.72. The van der Waals surface area contributed by atoms with E-state index in [1.54, 1.807) is 18.2 Å². The SMILES string of the molecule is COC1=CC=CC(O)N1N. The summed E-state index contributed by atoms with van der Waals surface area (Å²) in [5.74, 6) is 5.83. The molecule has 0 fully saturated rings. The molecular formula is C6H10N2O2. The molecule has 4 nitrogen and oxygen atoms in total. The summed E-state index contributed by atoms with van der Waals surface area (Å²) in [6.07, 6.45) is 4.14. The van der Waals surface area contributed by atoms with Gasteiger partial charge in [0, 0.05) is 0 Å². The first-order chi connectivity index (χ1) is 4.75. The number of rotatable bonds is 1. The van der Waals surface area contributed by atoms with Crippen LogP contribution in [0.1, 0.15) is 0 Å². The summed E-state index contributed by atoms with van der Waals surface area (Å²) in [4.78, 5) is 0. The fourth-order valence-electron chi connectivity index (χ4n) is 0.720. The molecule has 0 aromatic carbocycles. The average Bonchev–Trinajstić information content (AvgIpc) is 1.95. The highest BCUT2D eigenvalue weighted by atomic mass is 16.5. The van der Waals surface area contributed by atoms with E-state index in [4.69, 9.17) is 15.7 Å². The number of methoxy groups -OCH3 is 1. The van der Waals surface area contributed by atoms with Crippen LogP contribution in [0.15, 0.2) is 24.1 Å². The Morgan fingerprint density at radius 1 is 1.80 bits per heavy atom. The van der Waals surface area contributed by atoms with Crippen molar-refractivity contribution in [3.63, 3.8) is 0 Å². The van der Waals surface area contributed by atoms with Gasteiger partial charge in [-0.15, -0.1) is 0 Å². The van der Waals surface area contributed by atoms with Crippen LogP contribution < -0.4 is 5.84 Å². The predicted octanol–water partition coefficient (Wildman–Crippen LogP) is -0.462. The summed E-state index contributed by atoms with van der Waals surface area (Å²) in [6, 6.07) is 0. The fraction of sp³-hybridized carbons (Fsp3) is 0.333. The minimum atomic E-state index is -0.778. The van der Waals surface area contributed by atoms with Gasteiger partial charge < -0.3 is 9.84 Å². The molecule has 0 radical (unpaired) electrons. The number of allylic oxidation sites excluding steroid dienone is 2. The summed E-state index contributed by atoms with van der Waals surface area (Å²) in [5, 5.41) is 10.2. The molecule has 0 amide bonds. The molecule has 0 saturated heterocycles. The molecule has 1 unspecified atom stereocenters. The zero-order valence-corrected chi connectivity index (χ0v) is 5.69. The lowest BCUT2D eigenvalue weighted by atomic mass is 10.3. The minimum absolute atomic E-state index is 0.454. The predicted molar refractivity (Wildman–Crippen MR) is 36.3 cm³/mol. The Labute approximate surface area is 59.2 Å². The second-order valence-corrected chi connectivity index (χ2v) is 1.91. The molecule has 0 aromatic rings. The van der Waals surface area contributed by atoms with Gasteiger partial charge in [-0.25, -0.2) is 10.9 Å². The molecule has 0 aromatic heterocycles. The second-order valence-electron chi connectivity index (χ2n) is 1.91. The van der Waals surface area contributed by atoms with Gasteiger partial charge in [0.2, 0.25) is 5.88 Å². The Kier molecular flexibility index (Phi) is 1.94. The Balaban J connectivity index is 2.71. The van der Waals surface area contributed by atoms with Gasteiger partial charge in [0.15, 0.2) is 6.23 Å². The van der Waals surface area contributed by atoms with E-state index in [1.807, 2.05) is 0 Å². The topological polar surface area (TPSA) is 58.7 Å². The molecule has 10 heavy (non-hydrogen) atoms. The molecule has 3 N–H and O–H groups in total. The Morgan fingerprint density at radius 2 is 2.50 bits per heavy atom. The molecular weight excluding hydrogens is 132 g/mol. The number of hydrogen-bond acceptors (Lipinski definition) is 4. The molecule has 0 spiro atoms. The lowest BCUT2D eigenvalue weighted by molar-refractivity contribution is 0.0160. The van der Waals surface area contributed by atoms with E-state index in [0.29, 0.717) is 5.88 Å². The quantitative estimate of drug-likeness (QED) is 0.486. The van der Waals surface area contributed by atoms with Crippen molar-refractivity contribution >= 4 is 0 Å². The molecule has 1 aliphatic heterocycles. The third-order valence-electron chi connectivity index (χ3n) is 1.27. The van der Waals surface area contributed by atoms with Gasteiger partial charge in [-0.3, -0.25) is 0 Å². The molecule has 1 heterocycles. The Hall–Kier alpha value is -1.00. The van der Waals surface area contributed by atoms with Crippen LogP contribution >= 0.6 is 0 Å². The first kappa shape index (κ1) is 7.11. The van der Waals surface area contributed by atoms with Crippen molar-refractivity contribution < 1.29 is 9.84 Å². The zero-order valence-electron chi connectivity index (χ0n) is 5.69. The van der Waals surface area contributed by atoms with Crippen molar-refractivity contribution in [2.24, 2.45) is 5.84 Å². The third-order valence-corrected chi connectivity index (χ3v) is 1.27. The first-order valence-corrected chi connectivity index (χ1v) is 2.90. The number of aliphatic hydroxyl groups is 1. The van der Waals surface area contributed by atoms with E-state index in [2.05, 4.69) is 0 Å². The van der Waals surface area contributed by atoms with E-state index < -0.39 is 6.23 Å². The summed E-state index contributed by atoms with van der Waals surface area (Å²) < 4.78 is 4.82. The molecule has 56 valence electrons. The highest BCUT2D eigenvalue weighted by molar-refractivity contribution is 5.13. The normalized spacial score (nSPS) is 24.5. The molecule has 1 rings (SSSR count). The molecule has 0 saturated carbocycles. The van der Waals surface area contributed by atoms with Gasteiger partial charge in [0.25, 0.3) is 0 Å². The lowest BCUT2D eigenvalue weighted by Crippen LogP contribution is -2.40. The van der Waals surface area contributed by atoms with Crippen LogP contribution in [0.3, 0.4) is 0 Å². The summed E-state index contributed by atoms with van der Waals surface area (Å²) in [6.45, 7) is 0. The van der Waals surface area contributed by atoms with Crippen LogP contribution in [0.4, 0.5) is 0 Å². The van der Waals surface area contributed by atoms with Crippen LogP contribution in [0.2, 0.25) is 0 Å². The van der Waals surface area contributed by atoms with E-state index in [9.17, 15) is 0 Å². The zero-order chi connectivity index (χ0) is 7.56. The van der Waals surface area contributed by atoms with Crippen molar-refractivity contribution in [1.82, 2.24) is 5.01 Å². The highest BCUT2D eigenvalue weighted by Gasteiger charge is 2.14. The van der Waals surface area contributed by atoms with Crippen LogP contribution in [0.25, 0.3) is 0 Å². The number of hydrogen-bond donors (Lipinski definition) is 2. The maximum atomic E-state index is 9.07. The molecule has 0 aliphatic carbocycles. The molecule has 0 bridgehead atoms. The van der Waals surface area contributed by atoms with Gasteiger partial charge in [0.1, 0.15) is 0 Å². The van der Waals surface area contributed by atoms with Crippen molar-refractivity contribution in [1.29, 1.82) is 0 Å². The minimum Gasteiger partial charge on any atom is -0.481 e. The highest BCUT2D eigenvalue weighted by Crippen LogP contribution is 2.09. The number of hydrazine groups is 1. The number of nitrogens with two attached hydrogens (primary N) is 1. The molecule has 1 aliphatic rings. The number of aliphatic hydroxyl groups excluding tert-OH is 1. The van der Waals surface area contributed by atoms with Crippen LogP contribution in [0.5, 0.6) is 0 Å². The van der Waals surface area contributed by atoms with Crippen molar-refractivity contribution in [3.8, 4) is 0 Å². The summed E-state index contributed by atoms with van der Waals surface area (Å²) in [7, 11) is 1.50. The molecule has 1 atom stereocenters. The van der Waals surface area contributed by atoms with Gasteiger partial charge in [0.05, 0.1) is 7.11 Å². The van der Waals surface area contributed by atoms with Crippen molar-refractivity contribution in [3.05, 3.63) is 24.1 Å². The average molecular weight is 142 g/mol. The van der Waals surface area contributed by atoms with Gasteiger partial charge in [-0.05, 0) is 12.2 Å². The smallest absolute Gasteiger partial charge is 0.206 e. The first-order valence-electron chi connectivity index (χ1n) is 2.90. The molecule has 4 heteroatoms. The van der Waals surface area contributed by atoms with E-state index >= 15 is 0 Å². The monoisotopic (exact) mass is 142 g/mol.